The second-order valence-electron chi connectivity index (χ2n) is 7.94. The highest BCUT2D eigenvalue weighted by Crippen LogP contribution is 2.27. The monoisotopic (exact) mass is 429 g/mol. The molecule has 3 N–H and O–H groups in total. The van der Waals surface area contributed by atoms with Gasteiger partial charge < -0.3 is 16.0 Å². The van der Waals surface area contributed by atoms with Gasteiger partial charge in [-0.1, -0.05) is 19.3 Å². The maximum absolute atomic E-state index is 13.9. The number of rotatable bonds is 5. The van der Waals surface area contributed by atoms with E-state index in [-0.39, 0.29) is 35.8 Å². The fourth-order valence-electron chi connectivity index (χ4n) is 4.38. The molecule has 162 valence electrons. The van der Waals surface area contributed by atoms with Crippen LogP contribution in [0.5, 0.6) is 0 Å². The molecule has 1 aromatic rings. The molecular weight excluding hydrogens is 400 g/mol. The molecule has 2 amide bonds. The van der Waals surface area contributed by atoms with E-state index in [9.17, 15) is 18.4 Å². The number of nitrogens with zero attached hydrogens (tertiary/aromatic N) is 1. The van der Waals surface area contributed by atoms with Crippen molar-refractivity contribution in [3.63, 3.8) is 0 Å². The number of piperidine rings is 1. The molecule has 3 rings (SSSR count). The molecule has 0 radical (unpaired) electrons. The van der Waals surface area contributed by atoms with Crippen LogP contribution in [-0.2, 0) is 4.79 Å². The Balaban J connectivity index is 0.00000300. The summed E-state index contributed by atoms with van der Waals surface area (Å²) in [6.07, 6.45) is 6.92. The Kier molecular flexibility index (Phi) is 8.83. The van der Waals surface area contributed by atoms with Crippen molar-refractivity contribution in [2.24, 2.45) is 17.6 Å². The molecule has 1 aliphatic carbocycles. The Morgan fingerprint density at radius 1 is 1.10 bits per heavy atom. The highest BCUT2D eigenvalue weighted by molar-refractivity contribution is 5.94. The van der Waals surface area contributed by atoms with Gasteiger partial charge in [0.25, 0.3) is 5.91 Å². The van der Waals surface area contributed by atoms with Gasteiger partial charge in [0.1, 0.15) is 11.6 Å². The van der Waals surface area contributed by atoms with Crippen molar-refractivity contribution in [2.75, 3.05) is 19.6 Å². The van der Waals surface area contributed by atoms with Gasteiger partial charge >= 0.3 is 0 Å². The Bertz CT molecular complexity index is 705. The van der Waals surface area contributed by atoms with Crippen molar-refractivity contribution < 1.29 is 18.4 Å². The molecule has 8 heteroatoms. The number of carbonyl (C=O) groups is 2. The molecule has 2 fully saturated rings. The minimum atomic E-state index is -0.858. The van der Waals surface area contributed by atoms with E-state index in [0.717, 1.165) is 18.9 Å². The molecule has 2 aliphatic rings. The van der Waals surface area contributed by atoms with E-state index in [4.69, 9.17) is 5.73 Å². The first-order valence-corrected chi connectivity index (χ1v) is 10.2. The zero-order valence-corrected chi connectivity index (χ0v) is 17.4. The van der Waals surface area contributed by atoms with Gasteiger partial charge in [-0.15, -0.1) is 12.4 Å². The van der Waals surface area contributed by atoms with Crippen molar-refractivity contribution in [3.8, 4) is 0 Å². The number of likely N-dealkylation sites (tertiary alicyclic amines) is 1. The summed E-state index contributed by atoms with van der Waals surface area (Å²) in [7, 11) is 0. The zero-order valence-electron chi connectivity index (χ0n) is 16.5. The lowest BCUT2D eigenvalue weighted by Gasteiger charge is -2.34. The van der Waals surface area contributed by atoms with Crippen LogP contribution in [0.1, 0.15) is 55.3 Å². The topological polar surface area (TPSA) is 75.4 Å². The number of benzene rings is 1. The summed E-state index contributed by atoms with van der Waals surface area (Å²) in [5.74, 6) is -1.75. The summed E-state index contributed by atoms with van der Waals surface area (Å²) in [5, 5.41) is 3.13. The molecule has 1 unspecified atom stereocenters. The van der Waals surface area contributed by atoms with Crippen LogP contribution in [0.25, 0.3) is 0 Å². The van der Waals surface area contributed by atoms with E-state index in [0.29, 0.717) is 44.5 Å². The third kappa shape index (κ3) is 5.89. The summed E-state index contributed by atoms with van der Waals surface area (Å²) in [6.45, 7) is 1.20. The predicted octanol–water partition coefficient (Wildman–Crippen LogP) is 3.26. The molecular formula is C21H30ClF2N3O2. The Labute approximate surface area is 176 Å². The van der Waals surface area contributed by atoms with Crippen LogP contribution >= 0.6 is 12.4 Å². The average molecular weight is 430 g/mol. The number of nitrogens with two attached hydrogens (primary N) is 1. The first-order chi connectivity index (χ1) is 13.5. The normalized spacial score (nSPS) is 19.3. The lowest BCUT2D eigenvalue weighted by Crippen LogP contribution is -2.50. The van der Waals surface area contributed by atoms with Crippen molar-refractivity contribution in [3.05, 3.63) is 35.4 Å². The highest BCUT2D eigenvalue weighted by atomic mass is 35.5. The summed E-state index contributed by atoms with van der Waals surface area (Å²) in [6, 6.07) is 2.98. The van der Waals surface area contributed by atoms with E-state index in [1.54, 1.807) is 0 Å². The van der Waals surface area contributed by atoms with E-state index in [1.807, 2.05) is 0 Å². The third-order valence-corrected chi connectivity index (χ3v) is 6.11. The predicted molar refractivity (Wildman–Crippen MR) is 110 cm³/mol. The molecule has 0 aromatic heterocycles. The van der Waals surface area contributed by atoms with Crippen molar-refractivity contribution >= 4 is 24.2 Å². The fraction of sp³-hybridized carbons (Fsp3) is 0.619. The summed E-state index contributed by atoms with van der Waals surface area (Å²) >= 11 is 0. The van der Waals surface area contributed by atoms with E-state index in [1.165, 1.54) is 30.2 Å². The zero-order chi connectivity index (χ0) is 20.1. The van der Waals surface area contributed by atoms with Gasteiger partial charge in [-0.25, -0.2) is 8.78 Å². The molecule has 1 aromatic carbocycles. The largest absolute Gasteiger partial charge is 0.352 e. The number of halogens is 3. The van der Waals surface area contributed by atoms with Crippen molar-refractivity contribution in [2.45, 2.75) is 51.0 Å². The second kappa shape index (κ2) is 10.9. The summed E-state index contributed by atoms with van der Waals surface area (Å²) in [4.78, 5) is 26.7. The van der Waals surface area contributed by atoms with E-state index in [2.05, 4.69) is 5.32 Å². The third-order valence-electron chi connectivity index (χ3n) is 6.11. The molecule has 1 heterocycles. The minimum absolute atomic E-state index is 0. The first kappa shape index (κ1) is 23.5. The van der Waals surface area contributed by atoms with Crippen molar-refractivity contribution in [1.82, 2.24) is 10.2 Å². The van der Waals surface area contributed by atoms with Gasteiger partial charge in [0, 0.05) is 37.7 Å². The Hall–Kier alpha value is -1.73. The van der Waals surface area contributed by atoms with Crippen LogP contribution in [0, 0.1) is 23.5 Å². The molecule has 1 saturated carbocycles. The average Bonchev–Trinajstić information content (AvgIpc) is 2.72. The SMILES string of the molecule is Cl.NCC(NC(=O)C1CCN(C(=O)c2ccc(F)cc2F)CC1)C1CCCCC1. The van der Waals surface area contributed by atoms with Crippen LogP contribution in [0.3, 0.4) is 0 Å². The molecule has 1 saturated heterocycles. The quantitative estimate of drug-likeness (QED) is 0.754. The van der Waals surface area contributed by atoms with E-state index >= 15 is 0 Å². The number of nitrogens with one attached hydrogen (secondary N) is 1. The Morgan fingerprint density at radius 3 is 2.34 bits per heavy atom. The van der Waals surface area contributed by atoms with E-state index < -0.39 is 17.5 Å². The highest BCUT2D eigenvalue weighted by Gasteiger charge is 2.31. The maximum Gasteiger partial charge on any atom is 0.256 e. The first-order valence-electron chi connectivity index (χ1n) is 10.2. The molecule has 0 spiro atoms. The smallest absolute Gasteiger partial charge is 0.256 e. The standard InChI is InChI=1S/C21H29F2N3O2.ClH/c22-16-6-7-17(18(23)12-16)21(28)26-10-8-15(9-11-26)20(27)25-19(13-24)14-4-2-1-3-5-14;/h6-7,12,14-15,19H,1-5,8-11,13,24H2,(H,25,27);1H. The van der Waals surface area contributed by atoms with Crippen LogP contribution in [0.2, 0.25) is 0 Å². The van der Waals surface area contributed by atoms with Crippen LogP contribution in [0.4, 0.5) is 8.78 Å². The van der Waals surface area contributed by atoms with Gasteiger partial charge in [0.15, 0.2) is 0 Å². The van der Waals surface area contributed by atoms with Gasteiger partial charge in [0.2, 0.25) is 5.91 Å². The molecule has 0 bridgehead atoms. The molecule has 29 heavy (non-hydrogen) atoms. The lowest BCUT2D eigenvalue weighted by molar-refractivity contribution is -0.127. The van der Waals surface area contributed by atoms with Gasteiger partial charge in [-0.05, 0) is 43.7 Å². The van der Waals surface area contributed by atoms with Crippen LogP contribution in [0.15, 0.2) is 18.2 Å². The lowest BCUT2D eigenvalue weighted by atomic mass is 9.83. The number of hydrogen-bond acceptors (Lipinski definition) is 3. The van der Waals surface area contributed by atoms with Crippen molar-refractivity contribution in [1.29, 1.82) is 0 Å². The number of carbonyl (C=O) groups excluding carboxylic acids is 2. The second-order valence-corrected chi connectivity index (χ2v) is 7.94. The Morgan fingerprint density at radius 2 is 1.76 bits per heavy atom. The fourth-order valence-corrected chi connectivity index (χ4v) is 4.38. The van der Waals surface area contributed by atoms with Gasteiger partial charge in [0.05, 0.1) is 5.56 Å². The molecule has 1 atom stereocenters. The summed E-state index contributed by atoms with van der Waals surface area (Å²) < 4.78 is 26.9. The van der Waals surface area contributed by atoms with Gasteiger partial charge in [-0.2, -0.15) is 0 Å². The molecule has 1 aliphatic heterocycles. The number of amides is 2. The van der Waals surface area contributed by atoms with Crippen LogP contribution in [-0.4, -0.2) is 42.4 Å². The summed E-state index contributed by atoms with van der Waals surface area (Å²) in [5.41, 5.74) is 5.77. The maximum atomic E-state index is 13.9. The van der Waals surface area contributed by atoms with Crippen LogP contribution < -0.4 is 11.1 Å². The molecule has 5 nitrogen and oxygen atoms in total. The minimum Gasteiger partial charge on any atom is -0.352 e. The van der Waals surface area contributed by atoms with Gasteiger partial charge in [-0.3, -0.25) is 9.59 Å². The number of hydrogen-bond donors (Lipinski definition) is 2.